The van der Waals surface area contributed by atoms with E-state index in [1.807, 2.05) is 5.38 Å². The molecule has 6 nitrogen and oxygen atoms in total. The predicted octanol–water partition coefficient (Wildman–Crippen LogP) is 1.80. The number of carbonyl (C=O) groups excluding carboxylic acids is 1. The molecular weight excluding hydrogens is 226 g/mol. The Bertz CT molecular complexity index is 412. The molecule has 2 heterocycles. The van der Waals surface area contributed by atoms with Gasteiger partial charge in [0.2, 0.25) is 5.91 Å². The van der Waals surface area contributed by atoms with Crippen LogP contribution in [-0.2, 0) is 11.3 Å². The van der Waals surface area contributed by atoms with E-state index in [1.165, 1.54) is 11.3 Å². The van der Waals surface area contributed by atoms with Crippen LogP contribution in [0.15, 0.2) is 16.0 Å². The summed E-state index contributed by atoms with van der Waals surface area (Å²) in [5.74, 6) is 0.271. The van der Waals surface area contributed by atoms with Crippen molar-refractivity contribution in [2.75, 3.05) is 13.1 Å². The second-order valence-electron chi connectivity index (χ2n) is 3.74. The molecule has 0 aliphatic carbocycles. The first-order valence-corrected chi connectivity index (χ1v) is 5.89. The lowest BCUT2D eigenvalue weighted by Crippen LogP contribution is -2.24. The molecule has 1 aromatic heterocycles. The highest BCUT2D eigenvalue weighted by atomic mass is 32.1. The lowest BCUT2D eigenvalue weighted by molar-refractivity contribution is -0.128. The molecule has 1 fully saturated rings. The summed E-state index contributed by atoms with van der Waals surface area (Å²) in [6.45, 7) is 1.63. The molecule has 84 valence electrons. The molecule has 1 aliphatic heterocycles. The average Bonchev–Trinajstić information content (AvgIpc) is 2.87. The molecule has 0 saturated carbocycles. The quantitative estimate of drug-likeness (QED) is 0.454. The van der Waals surface area contributed by atoms with Gasteiger partial charge in [0.15, 0.2) is 0 Å². The Balaban J connectivity index is 1.92. The first-order valence-electron chi connectivity index (χ1n) is 4.95. The van der Waals surface area contributed by atoms with Gasteiger partial charge in [-0.25, -0.2) is 4.98 Å². The topological polar surface area (TPSA) is 82.0 Å². The van der Waals surface area contributed by atoms with Crippen LogP contribution in [0.25, 0.3) is 10.4 Å². The van der Waals surface area contributed by atoms with E-state index in [1.54, 1.807) is 10.4 Å². The van der Waals surface area contributed by atoms with E-state index in [9.17, 15) is 4.79 Å². The zero-order valence-electron chi connectivity index (χ0n) is 8.61. The van der Waals surface area contributed by atoms with Crippen molar-refractivity contribution in [3.05, 3.63) is 27.0 Å². The molecule has 1 saturated heterocycles. The van der Waals surface area contributed by atoms with Crippen LogP contribution < -0.4 is 0 Å². The van der Waals surface area contributed by atoms with Crippen LogP contribution >= 0.6 is 11.3 Å². The summed E-state index contributed by atoms with van der Waals surface area (Å²) < 4.78 is 0. The Morgan fingerprint density at radius 1 is 1.75 bits per heavy atom. The van der Waals surface area contributed by atoms with Crippen molar-refractivity contribution < 1.29 is 4.79 Å². The summed E-state index contributed by atoms with van der Waals surface area (Å²) in [5, 5.41) is 5.45. The van der Waals surface area contributed by atoms with Crippen molar-refractivity contribution in [1.82, 2.24) is 9.88 Å². The van der Waals surface area contributed by atoms with E-state index in [2.05, 4.69) is 15.0 Å². The maximum atomic E-state index is 11.6. The van der Waals surface area contributed by atoms with Crippen LogP contribution in [0.4, 0.5) is 0 Å². The molecule has 16 heavy (non-hydrogen) atoms. The van der Waals surface area contributed by atoms with Crippen LogP contribution in [0.3, 0.4) is 0 Å². The molecule has 0 radical (unpaired) electrons. The SMILES string of the molecule is [N-]=[N+]=NCC1CC(=O)N(Cc2cscn2)C1. The Morgan fingerprint density at radius 2 is 2.62 bits per heavy atom. The van der Waals surface area contributed by atoms with Gasteiger partial charge in [0.05, 0.1) is 17.7 Å². The van der Waals surface area contributed by atoms with Gasteiger partial charge >= 0.3 is 0 Å². The third-order valence-electron chi connectivity index (χ3n) is 2.53. The lowest BCUT2D eigenvalue weighted by Gasteiger charge is -2.14. The Labute approximate surface area is 96.5 Å². The minimum Gasteiger partial charge on any atom is -0.336 e. The van der Waals surface area contributed by atoms with Gasteiger partial charge < -0.3 is 4.90 Å². The van der Waals surface area contributed by atoms with Gasteiger partial charge in [-0.3, -0.25) is 4.79 Å². The fraction of sp³-hybridized carbons (Fsp3) is 0.556. The highest BCUT2D eigenvalue weighted by Gasteiger charge is 2.29. The van der Waals surface area contributed by atoms with E-state index < -0.39 is 0 Å². The highest BCUT2D eigenvalue weighted by Crippen LogP contribution is 2.20. The lowest BCUT2D eigenvalue weighted by atomic mass is 10.1. The number of nitrogens with zero attached hydrogens (tertiary/aromatic N) is 5. The Hall–Kier alpha value is -1.59. The van der Waals surface area contributed by atoms with Gasteiger partial charge in [-0.15, -0.1) is 11.3 Å². The number of aromatic nitrogens is 1. The summed E-state index contributed by atoms with van der Waals surface area (Å²) in [6.07, 6.45) is 0.475. The molecule has 7 heteroatoms. The number of hydrogen-bond acceptors (Lipinski definition) is 4. The van der Waals surface area contributed by atoms with E-state index >= 15 is 0 Å². The summed E-state index contributed by atoms with van der Waals surface area (Å²) in [7, 11) is 0. The molecule has 0 bridgehead atoms. The van der Waals surface area contributed by atoms with Gasteiger partial charge in [0.1, 0.15) is 0 Å². The fourth-order valence-corrected chi connectivity index (χ4v) is 2.34. The fourth-order valence-electron chi connectivity index (χ4n) is 1.79. The van der Waals surface area contributed by atoms with Crippen LogP contribution in [0, 0.1) is 5.92 Å². The summed E-state index contributed by atoms with van der Waals surface area (Å²) >= 11 is 1.52. The highest BCUT2D eigenvalue weighted by molar-refractivity contribution is 7.07. The molecule has 1 aliphatic rings. The number of thiazole rings is 1. The van der Waals surface area contributed by atoms with Gasteiger partial charge in [-0.2, -0.15) is 0 Å². The van der Waals surface area contributed by atoms with Crippen molar-refractivity contribution in [2.45, 2.75) is 13.0 Å². The predicted molar refractivity (Wildman–Crippen MR) is 59.7 cm³/mol. The molecule has 1 atom stereocenters. The van der Waals surface area contributed by atoms with Crippen LogP contribution in [-0.4, -0.2) is 28.9 Å². The van der Waals surface area contributed by atoms with Gasteiger partial charge in [0, 0.05) is 29.8 Å². The van der Waals surface area contributed by atoms with Gasteiger partial charge in [0.25, 0.3) is 0 Å². The summed E-state index contributed by atoms with van der Waals surface area (Å²) in [4.78, 5) is 20.3. The molecule has 0 N–H and O–H groups in total. The van der Waals surface area contributed by atoms with Crippen LogP contribution in [0.2, 0.25) is 0 Å². The minimum absolute atomic E-state index is 0.117. The van der Waals surface area contributed by atoms with Gasteiger partial charge in [-0.05, 0) is 11.4 Å². The van der Waals surface area contributed by atoms with E-state index in [-0.39, 0.29) is 11.8 Å². The number of amides is 1. The Morgan fingerprint density at radius 3 is 3.31 bits per heavy atom. The number of azide groups is 1. The normalized spacial score (nSPS) is 19.9. The summed E-state index contributed by atoms with van der Waals surface area (Å²) in [6, 6.07) is 0. The van der Waals surface area contributed by atoms with Crippen molar-refractivity contribution in [2.24, 2.45) is 11.0 Å². The third-order valence-corrected chi connectivity index (χ3v) is 3.17. The maximum Gasteiger partial charge on any atom is 0.223 e. The average molecular weight is 237 g/mol. The number of rotatable bonds is 4. The van der Waals surface area contributed by atoms with Crippen molar-refractivity contribution >= 4 is 17.2 Å². The molecule has 1 unspecified atom stereocenters. The standard InChI is InChI=1S/C9H11N5OS/c10-13-12-2-7-1-9(15)14(3-7)4-8-5-16-6-11-8/h5-7H,1-4H2. The number of likely N-dealkylation sites (tertiary alicyclic amines) is 1. The zero-order valence-corrected chi connectivity index (χ0v) is 9.43. The summed E-state index contributed by atoms with van der Waals surface area (Å²) in [5.41, 5.74) is 10.9. The monoisotopic (exact) mass is 237 g/mol. The van der Waals surface area contributed by atoms with Crippen LogP contribution in [0.1, 0.15) is 12.1 Å². The molecule has 1 amide bonds. The van der Waals surface area contributed by atoms with E-state index in [4.69, 9.17) is 5.53 Å². The van der Waals surface area contributed by atoms with Gasteiger partial charge in [-0.1, -0.05) is 5.11 Å². The number of carbonyl (C=O) groups is 1. The van der Waals surface area contributed by atoms with Crippen LogP contribution in [0.5, 0.6) is 0 Å². The first kappa shape index (κ1) is 10.9. The third kappa shape index (κ3) is 2.50. The van der Waals surface area contributed by atoms with E-state index in [0.29, 0.717) is 26.1 Å². The van der Waals surface area contributed by atoms with Crippen molar-refractivity contribution in [1.29, 1.82) is 0 Å². The second-order valence-corrected chi connectivity index (χ2v) is 4.46. The van der Waals surface area contributed by atoms with E-state index in [0.717, 1.165) is 5.69 Å². The van der Waals surface area contributed by atoms with Crippen molar-refractivity contribution in [3.63, 3.8) is 0 Å². The number of hydrogen-bond donors (Lipinski definition) is 0. The smallest absolute Gasteiger partial charge is 0.223 e. The largest absolute Gasteiger partial charge is 0.336 e. The Kier molecular flexibility index (Phi) is 3.38. The molecule has 0 spiro atoms. The molecule has 1 aromatic rings. The molecular formula is C9H11N5OS. The minimum atomic E-state index is 0.117. The molecule has 0 aromatic carbocycles. The zero-order chi connectivity index (χ0) is 11.4. The first-order chi connectivity index (χ1) is 7.79. The molecule has 2 rings (SSSR count). The van der Waals surface area contributed by atoms with Crippen molar-refractivity contribution in [3.8, 4) is 0 Å². The second kappa shape index (κ2) is 4.96. The maximum absolute atomic E-state index is 11.6.